The van der Waals surface area contributed by atoms with Gasteiger partial charge in [-0.1, -0.05) is 11.6 Å². The van der Waals surface area contributed by atoms with Crippen molar-refractivity contribution in [2.75, 3.05) is 38.7 Å². The van der Waals surface area contributed by atoms with Crippen molar-refractivity contribution in [1.82, 2.24) is 4.90 Å². The van der Waals surface area contributed by atoms with E-state index in [1.54, 1.807) is 24.3 Å². The Hall–Kier alpha value is -1.63. The van der Waals surface area contributed by atoms with Gasteiger partial charge in [0, 0.05) is 23.8 Å². The van der Waals surface area contributed by atoms with Crippen molar-refractivity contribution in [1.29, 1.82) is 0 Å². The second-order valence-corrected chi connectivity index (χ2v) is 5.11. The number of methoxy groups -OCH3 is 1. The van der Waals surface area contributed by atoms with Crippen LogP contribution in [0.25, 0.3) is 0 Å². The van der Waals surface area contributed by atoms with E-state index in [4.69, 9.17) is 16.3 Å². The van der Waals surface area contributed by atoms with Gasteiger partial charge in [0.1, 0.15) is 0 Å². The lowest BCUT2D eigenvalue weighted by Crippen LogP contribution is -2.48. The Morgan fingerprint density at radius 3 is 2.81 bits per heavy atom. The molecule has 0 spiro atoms. The minimum atomic E-state index is -0.632. The molecule has 2 rings (SSSR count). The number of amides is 1. The molecule has 1 fully saturated rings. The molecule has 1 aliphatic heterocycles. The topological polar surface area (TPSA) is 67.9 Å². The SMILES string of the molecule is COC(=O)C1CN(CC(=O)Nc2ccc(Cl)cc2)CCO1. The number of benzene rings is 1. The van der Waals surface area contributed by atoms with Gasteiger partial charge in [-0.15, -0.1) is 0 Å². The average molecular weight is 313 g/mol. The van der Waals surface area contributed by atoms with Crippen molar-refractivity contribution >= 4 is 29.2 Å². The summed E-state index contributed by atoms with van der Waals surface area (Å²) in [7, 11) is 1.32. The van der Waals surface area contributed by atoms with Gasteiger partial charge in [-0.2, -0.15) is 0 Å². The largest absolute Gasteiger partial charge is 0.467 e. The predicted octanol–water partition coefficient (Wildman–Crippen LogP) is 1.15. The number of nitrogens with one attached hydrogen (secondary N) is 1. The molecule has 1 heterocycles. The van der Waals surface area contributed by atoms with Crippen molar-refractivity contribution in [3.63, 3.8) is 0 Å². The summed E-state index contributed by atoms with van der Waals surface area (Å²) in [5.41, 5.74) is 0.683. The van der Waals surface area contributed by atoms with Gasteiger partial charge in [0.2, 0.25) is 5.91 Å². The van der Waals surface area contributed by atoms with Crippen LogP contribution in [-0.2, 0) is 19.1 Å². The Labute approximate surface area is 128 Å². The van der Waals surface area contributed by atoms with Crippen LogP contribution in [0.15, 0.2) is 24.3 Å². The highest BCUT2D eigenvalue weighted by Crippen LogP contribution is 2.13. The van der Waals surface area contributed by atoms with E-state index < -0.39 is 12.1 Å². The second-order valence-electron chi connectivity index (χ2n) is 4.67. The molecule has 0 bridgehead atoms. The van der Waals surface area contributed by atoms with E-state index in [0.717, 1.165) is 0 Å². The van der Waals surface area contributed by atoms with Gasteiger partial charge < -0.3 is 14.8 Å². The molecule has 7 heteroatoms. The molecule has 114 valence electrons. The average Bonchev–Trinajstić information content (AvgIpc) is 2.49. The number of morpholine rings is 1. The fourth-order valence-electron chi connectivity index (χ4n) is 2.06. The Kier molecular flexibility index (Phi) is 5.55. The smallest absolute Gasteiger partial charge is 0.336 e. The molecule has 6 nitrogen and oxygen atoms in total. The molecule has 1 saturated heterocycles. The lowest BCUT2D eigenvalue weighted by atomic mass is 10.2. The lowest BCUT2D eigenvalue weighted by molar-refractivity contribution is -0.160. The Morgan fingerprint density at radius 1 is 1.43 bits per heavy atom. The van der Waals surface area contributed by atoms with Crippen LogP contribution in [0.3, 0.4) is 0 Å². The number of hydrogen-bond donors (Lipinski definition) is 1. The van der Waals surface area contributed by atoms with Crippen LogP contribution >= 0.6 is 11.6 Å². The van der Waals surface area contributed by atoms with Gasteiger partial charge >= 0.3 is 5.97 Å². The van der Waals surface area contributed by atoms with Gasteiger partial charge in [0.25, 0.3) is 0 Å². The van der Waals surface area contributed by atoms with Crippen LogP contribution in [0.2, 0.25) is 5.02 Å². The van der Waals surface area contributed by atoms with Gasteiger partial charge in [-0.05, 0) is 24.3 Å². The van der Waals surface area contributed by atoms with E-state index in [-0.39, 0.29) is 12.5 Å². The first-order chi connectivity index (χ1) is 10.1. The van der Waals surface area contributed by atoms with E-state index in [9.17, 15) is 9.59 Å². The summed E-state index contributed by atoms with van der Waals surface area (Å²) in [6.07, 6.45) is -0.632. The number of carbonyl (C=O) groups is 2. The summed E-state index contributed by atoms with van der Waals surface area (Å²) >= 11 is 5.78. The first-order valence-electron chi connectivity index (χ1n) is 6.55. The highest BCUT2D eigenvalue weighted by molar-refractivity contribution is 6.30. The zero-order valence-corrected chi connectivity index (χ0v) is 12.4. The molecular formula is C14H17ClN2O4. The Bertz CT molecular complexity index is 506. The third kappa shape index (κ3) is 4.70. The van der Waals surface area contributed by atoms with E-state index in [2.05, 4.69) is 10.1 Å². The number of nitrogens with zero attached hydrogens (tertiary/aromatic N) is 1. The Balaban J connectivity index is 1.84. The summed E-state index contributed by atoms with van der Waals surface area (Å²) in [5.74, 6) is -0.569. The maximum Gasteiger partial charge on any atom is 0.336 e. The Morgan fingerprint density at radius 2 is 2.14 bits per heavy atom. The summed E-state index contributed by atoms with van der Waals surface area (Å²) < 4.78 is 9.96. The van der Waals surface area contributed by atoms with E-state index >= 15 is 0 Å². The van der Waals surface area contributed by atoms with Crippen molar-refractivity contribution in [3.05, 3.63) is 29.3 Å². The molecule has 0 radical (unpaired) electrons. The van der Waals surface area contributed by atoms with Crippen molar-refractivity contribution < 1.29 is 19.1 Å². The fourth-order valence-corrected chi connectivity index (χ4v) is 2.18. The number of anilines is 1. The molecule has 0 saturated carbocycles. The number of rotatable bonds is 4. The molecule has 1 unspecified atom stereocenters. The molecule has 1 N–H and O–H groups in total. The predicted molar refractivity (Wildman–Crippen MR) is 78.3 cm³/mol. The van der Waals surface area contributed by atoms with Crippen LogP contribution in [-0.4, -0.2) is 56.2 Å². The first-order valence-corrected chi connectivity index (χ1v) is 6.93. The van der Waals surface area contributed by atoms with Crippen molar-refractivity contribution in [2.24, 2.45) is 0 Å². The number of carbonyl (C=O) groups excluding carboxylic acids is 2. The fraction of sp³-hybridized carbons (Fsp3) is 0.429. The van der Waals surface area contributed by atoms with E-state index in [0.29, 0.717) is 30.4 Å². The van der Waals surface area contributed by atoms with Crippen LogP contribution in [0, 0.1) is 0 Å². The molecular weight excluding hydrogens is 296 g/mol. The molecule has 0 aliphatic carbocycles. The summed E-state index contributed by atoms with van der Waals surface area (Å²) in [6, 6.07) is 6.88. The maximum atomic E-state index is 12.0. The minimum absolute atomic E-state index is 0.150. The number of ether oxygens (including phenoxy) is 2. The molecule has 1 aromatic carbocycles. The quantitative estimate of drug-likeness (QED) is 0.845. The van der Waals surface area contributed by atoms with Crippen molar-refractivity contribution in [3.8, 4) is 0 Å². The van der Waals surface area contributed by atoms with Gasteiger partial charge in [-0.3, -0.25) is 9.69 Å². The molecule has 21 heavy (non-hydrogen) atoms. The van der Waals surface area contributed by atoms with Gasteiger partial charge in [-0.25, -0.2) is 4.79 Å². The number of esters is 1. The lowest BCUT2D eigenvalue weighted by Gasteiger charge is -2.30. The summed E-state index contributed by atoms with van der Waals surface area (Å²) in [5, 5.41) is 3.39. The molecule has 1 amide bonds. The molecule has 1 aliphatic rings. The second kappa shape index (κ2) is 7.40. The standard InChI is InChI=1S/C14H17ClN2O4/c1-20-14(19)12-8-17(6-7-21-12)9-13(18)16-11-4-2-10(15)3-5-11/h2-5,12H,6-9H2,1H3,(H,16,18). The normalized spacial score (nSPS) is 19.0. The zero-order chi connectivity index (χ0) is 15.2. The monoisotopic (exact) mass is 312 g/mol. The van der Waals surface area contributed by atoms with Crippen LogP contribution in [0.1, 0.15) is 0 Å². The van der Waals surface area contributed by atoms with Crippen LogP contribution < -0.4 is 5.32 Å². The third-order valence-electron chi connectivity index (χ3n) is 3.11. The maximum absolute atomic E-state index is 12.0. The molecule has 1 aromatic rings. The van der Waals surface area contributed by atoms with Gasteiger partial charge in [0.05, 0.1) is 20.3 Å². The summed E-state index contributed by atoms with van der Waals surface area (Å²) in [6.45, 7) is 1.54. The zero-order valence-electron chi connectivity index (χ0n) is 11.7. The molecule has 0 aromatic heterocycles. The van der Waals surface area contributed by atoms with Crippen LogP contribution in [0.5, 0.6) is 0 Å². The highest BCUT2D eigenvalue weighted by atomic mass is 35.5. The summed E-state index contributed by atoms with van der Waals surface area (Å²) in [4.78, 5) is 25.3. The minimum Gasteiger partial charge on any atom is -0.467 e. The van der Waals surface area contributed by atoms with Crippen LogP contribution in [0.4, 0.5) is 5.69 Å². The van der Waals surface area contributed by atoms with E-state index in [1.165, 1.54) is 7.11 Å². The first kappa shape index (κ1) is 15.8. The third-order valence-corrected chi connectivity index (χ3v) is 3.36. The number of hydrogen-bond acceptors (Lipinski definition) is 5. The molecule has 1 atom stereocenters. The van der Waals surface area contributed by atoms with Gasteiger partial charge in [0.15, 0.2) is 6.10 Å². The number of halogens is 1. The van der Waals surface area contributed by atoms with Crippen molar-refractivity contribution in [2.45, 2.75) is 6.10 Å². The van der Waals surface area contributed by atoms with E-state index in [1.807, 2.05) is 4.90 Å². The highest BCUT2D eigenvalue weighted by Gasteiger charge is 2.28.